The molecule has 0 aliphatic rings. The van der Waals surface area contributed by atoms with E-state index >= 15 is 0 Å². The average molecular weight is 323 g/mol. The Kier molecular flexibility index (Phi) is 3.83. The Morgan fingerprint density at radius 1 is 1.16 bits per heavy atom. The summed E-state index contributed by atoms with van der Waals surface area (Å²) in [4.78, 5) is 10.3. The van der Waals surface area contributed by atoms with Crippen LogP contribution >= 0.6 is 23.2 Å². The molecule has 2 rings (SSSR count). The fourth-order valence-corrected chi connectivity index (χ4v) is 2.73. The van der Waals surface area contributed by atoms with E-state index in [4.69, 9.17) is 23.2 Å². The van der Waals surface area contributed by atoms with Gasteiger partial charge in [0.05, 0.1) is 6.20 Å². The molecule has 0 aliphatic heterocycles. The van der Waals surface area contributed by atoms with Crippen molar-refractivity contribution in [2.75, 3.05) is 4.72 Å². The quantitative estimate of drug-likeness (QED) is 0.875. The first-order valence-electron chi connectivity index (χ1n) is 4.69. The van der Waals surface area contributed by atoms with Gasteiger partial charge in [-0.15, -0.1) is 0 Å². The predicted octanol–water partition coefficient (Wildman–Crippen LogP) is 2.12. The molecule has 0 saturated heterocycles. The molecule has 0 unspecified atom stereocenters. The van der Waals surface area contributed by atoms with Crippen LogP contribution in [0.25, 0.3) is 0 Å². The van der Waals surface area contributed by atoms with Gasteiger partial charge in [0.25, 0.3) is 10.0 Å². The normalized spacial score (nSPS) is 11.3. The molecule has 19 heavy (non-hydrogen) atoms. The highest BCUT2D eigenvalue weighted by Crippen LogP contribution is 2.28. The molecule has 0 fully saturated rings. The SMILES string of the molecule is O=S(=O)(Nc1c(Cl)ncnc1Cl)c1cncc(F)c1. The molecular weight excluding hydrogens is 318 g/mol. The van der Waals surface area contributed by atoms with E-state index < -0.39 is 15.8 Å². The third-order valence-corrected chi connectivity index (χ3v) is 3.87. The van der Waals surface area contributed by atoms with Crippen LogP contribution < -0.4 is 4.72 Å². The van der Waals surface area contributed by atoms with Crippen LogP contribution in [0.1, 0.15) is 0 Å². The second-order valence-electron chi connectivity index (χ2n) is 3.27. The van der Waals surface area contributed by atoms with Gasteiger partial charge in [0.1, 0.15) is 22.7 Å². The molecule has 0 aromatic carbocycles. The summed E-state index contributed by atoms with van der Waals surface area (Å²) >= 11 is 11.4. The zero-order valence-corrected chi connectivity index (χ0v) is 11.3. The molecule has 0 saturated carbocycles. The third kappa shape index (κ3) is 3.09. The summed E-state index contributed by atoms with van der Waals surface area (Å²) in [5.41, 5.74) is -0.185. The summed E-state index contributed by atoms with van der Waals surface area (Å²) < 4.78 is 39.0. The van der Waals surface area contributed by atoms with E-state index in [2.05, 4.69) is 19.7 Å². The van der Waals surface area contributed by atoms with Crippen LogP contribution in [0.4, 0.5) is 10.1 Å². The first kappa shape index (κ1) is 13.9. The van der Waals surface area contributed by atoms with Crippen molar-refractivity contribution in [2.45, 2.75) is 4.90 Å². The standard InChI is InChI=1S/C9H5Cl2FN4O2S/c10-8-7(9(11)15-4-14-8)16-19(17,18)6-1-5(12)2-13-3-6/h1-4,16H. The maximum absolute atomic E-state index is 13.0. The van der Waals surface area contributed by atoms with Gasteiger partial charge in [-0.05, 0) is 6.07 Å². The molecule has 2 heterocycles. The molecule has 1 N–H and O–H groups in total. The molecule has 100 valence electrons. The van der Waals surface area contributed by atoms with Crippen molar-refractivity contribution in [3.05, 3.63) is 40.9 Å². The highest BCUT2D eigenvalue weighted by molar-refractivity contribution is 7.92. The van der Waals surface area contributed by atoms with Crippen molar-refractivity contribution in [2.24, 2.45) is 0 Å². The number of rotatable bonds is 3. The summed E-state index contributed by atoms with van der Waals surface area (Å²) in [7, 11) is -4.08. The second-order valence-corrected chi connectivity index (χ2v) is 5.67. The topological polar surface area (TPSA) is 84.8 Å². The lowest BCUT2D eigenvalue weighted by molar-refractivity contribution is 0.592. The van der Waals surface area contributed by atoms with E-state index in [0.717, 1.165) is 24.8 Å². The Balaban J connectivity index is 2.42. The van der Waals surface area contributed by atoms with Crippen molar-refractivity contribution >= 4 is 38.9 Å². The van der Waals surface area contributed by atoms with Crippen molar-refractivity contribution in [1.29, 1.82) is 0 Å². The minimum Gasteiger partial charge on any atom is -0.274 e. The molecule has 0 atom stereocenters. The first-order chi connectivity index (χ1) is 8.90. The number of hydrogen-bond acceptors (Lipinski definition) is 5. The van der Waals surface area contributed by atoms with Crippen LogP contribution in [0.3, 0.4) is 0 Å². The molecule has 2 aromatic rings. The number of sulfonamides is 1. The van der Waals surface area contributed by atoms with Crippen LogP contribution in [0.2, 0.25) is 10.3 Å². The minimum absolute atomic E-state index is 0.173. The zero-order valence-electron chi connectivity index (χ0n) is 9.01. The highest BCUT2D eigenvalue weighted by atomic mass is 35.5. The lowest BCUT2D eigenvalue weighted by atomic mass is 10.5. The van der Waals surface area contributed by atoms with Gasteiger partial charge >= 0.3 is 0 Å². The van der Waals surface area contributed by atoms with Crippen LogP contribution in [0.15, 0.2) is 29.7 Å². The summed E-state index contributed by atoms with van der Waals surface area (Å²) in [6.45, 7) is 0. The van der Waals surface area contributed by atoms with E-state index in [9.17, 15) is 12.8 Å². The van der Waals surface area contributed by atoms with E-state index in [1.54, 1.807) is 0 Å². The van der Waals surface area contributed by atoms with Gasteiger partial charge in [0, 0.05) is 6.20 Å². The number of hydrogen-bond donors (Lipinski definition) is 1. The maximum atomic E-state index is 13.0. The van der Waals surface area contributed by atoms with Crippen molar-refractivity contribution in [3.63, 3.8) is 0 Å². The first-order valence-corrected chi connectivity index (χ1v) is 6.93. The smallest absolute Gasteiger partial charge is 0.263 e. The van der Waals surface area contributed by atoms with Gasteiger partial charge in [-0.2, -0.15) is 0 Å². The zero-order chi connectivity index (χ0) is 14.0. The van der Waals surface area contributed by atoms with Crippen LogP contribution in [-0.4, -0.2) is 23.4 Å². The predicted molar refractivity (Wildman–Crippen MR) is 67.1 cm³/mol. The lowest BCUT2D eigenvalue weighted by Crippen LogP contribution is -2.14. The molecule has 0 bridgehead atoms. The summed E-state index contributed by atoms with van der Waals surface area (Å²) in [5, 5.41) is -0.346. The third-order valence-electron chi connectivity index (χ3n) is 1.98. The number of anilines is 1. The summed E-state index contributed by atoms with van der Waals surface area (Å²) in [5.74, 6) is -0.788. The molecule has 0 spiro atoms. The van der Waals surface area contributed by atoms with Gasteiger partial charge in [-0.3, -0.25) is 9.71 Å². The fourth-order valence-electron chi connectivity index (χ4n) is 1.16. The Morgan fingerprint density at radius 3 is 2.37 bits per heavy atom. The largest absolute Gasteiger partial charge is 0.274 e. The van der Waals surface area contributed by atoms with Crippen LogP contribution in [0, 0.1) is 5.82 Å². The fraction of sp³-hybridized carbons (Fsp3) is 0. The Bertz CT molecular complexity index is 706. The van der Waals surface area contributed by atoms with Gasteiger partial charge in [0.2, 0.25) is 0 Å². The van der Waals surface area contributed by atoms with Crippen LogP contribution in [0.5, 0.6) is 0 Å². The molecule has 0 radical (unpaired) electrons. The van der Waals surface area contributed by atoms with E-state index in [1.807, 2.05) is 0 Å². The maximum Gasteiger partial charge on any atom is 0.263 e. The number of aromatic nitrogens is 3. The molecule has 0 aliphatic carbocycles. The number of nitrogens with one attached hydrogen (secondary N) is 1. The molecule has 0 amide bonds. The van der Waals surface area contributed by atoms with Crippen molar-refractivity contribution in [3.8, 4) is 0 Å². The van der Waals surface area contributed by atoms with Gasteiger partial charge in [0.15, 0.2) is 10.3 Å². The van der Waals surface area contributed by atoms with E-state index in [1.165, 1.54) is 0 Å². The summed E-state index contributed by atoms with van der Waals surface area (Å²) in [6, 6.07) is 0.806. The molecular formula is C9H5Cl2FN4O2S. The van der Waals surface area contributed by atoms with E-state index in [0.29, 0.717) is 0 Å². The molecule has 2 aromatic heterocycles. The van der Waals surface area contributed by atoms with Gasteiger partial charge in [-0.25, -0.2) is 22.8 Å². The number of nitrogens with zero attached hydrogens (tertiary/aromatic N) is 3. The summed E-state index contributed by atoms with van der Waals surface area (Å²) in [6.07, 6.45) is 2.94. The second kappa shape index (κ2) is 5.24. The van der Waals surface area contributed by atoms with Gasteiger partial charge in [-0.1, -0.05) is 23.2 Å². The Labute approximate surface area is 117 Å². The average Bonchev–Trinajstić information content (AvgIpc) is 2.34. The molecule has 10 heteroatoms. The lowest BCUT2D eigenvalue weighted by Gasteiger charge is -2.09. The minimum atomic E-state index is -4.08. The van der Waals surface area contributed by atoms with Crippen LogP contribution in [-0.2, 0) is 10.0 Å². The Hall–Kier alpha value is -1.51. The van der Waals surface area contributed by atoms with E-state index in [-0.39, 0.29) is 20.9 Å². The molecule has 6 nitrogen and oxygen atoms in total. The monoisotopic (exact) mass is 322 g/mol. The van der Waals surface area contributed by atoms with Crippen molar-refractivity contribution in [1.82, 2.24) is 15.0 Å². The highest BCUT2D eigenvalue weighted by Gasteiger charge is 2.19. The Morgan fingerprint density at radius 2 is 1.79 bits per heavy atom. The number of halogens is 3. The van der Waals surface area contributed by atoms with Crippen molar-refractivity contribution < 1.29 is 12.8 Å². The van der Waals surface area contributed by atoms with Gasteiger partial charge < -0.3 is 0 Å². The number of pyridine rings is 1.